The van der Waals surface area contributed by atoms with Gasteiger partial charge in [0.2, 0.25) is 0 Å². The van der Waals surface area contributed by atoms with Crippen molar-refractivity contribution < 1.29 is 4.79 Å². The molecule has 1 heterocycles. The Morgan fingerprint density at radius 2 is 1.95 bits per heavy atom. The molecule has 104 valence electrons. The number of aromatic nitrogens is 1. The predicted molar refractivity (Wildman–Crippen MR) is 80.6 cm³/mol. The van der Waals surface area contributed by atoms with Gasteiger partial charge in [0.15, 0.2) is 0 Å². The first kappa shape index (κ1) is 14.1. The molecule has 4 nitrogen and oxygen atoms in total. The maximum atomic E-state index is 12.0. The van der Waals surface area contributed by atoms with Crippen LogP contribution >= 0.6 is 0 Å². The molecule has 0 aliphatic carbocycles. The molecule has 0 aliphatic rings. The Bertz CT molecular complexity index is 537. The first-order valence-electron chi connectivity index (χ1n) is 6.81. The lowest BCUT2D eigenvalue weighted by molar-refractivity contribution is 0.0950. The van der Waals surface area contributed by atoms with Crippen LogP contribution in [0, 0.1) is 0 Å². The van der Waals surface area contributed by atoms with E-state index in [0.29, 0.717) is 12.1 Å². The van der Waals surface area contributed by atoms with Crippen LogP contribution in [0.3, 0.4) is 0 Å². The molecule has 0 fully saturated rings. The van der Waals surface area contributed by atoms with Crippen LogP contribution in [0.2, 0.25) is 0 Å². The molecule has 1 aromatic heterocycles. The number of carbonyl (C=O) groups excluding carboxylic acids is 1. The summed E-state index contributed by atoms with van der Waals surface area (Å²) in [5, 5.41) is 6.05. The van der Waals surface area contributed by atoms with E-state index < -0.39 is 0 Å². The van der Waals surface area contributed by atoms with E-state index >= 15 is 0 Å². The van der Waals surface area contributed by atoms with Gasteiger partial charge in [-0.3, -0.25) is 4.79 Å². The number of nitrogens with zero attached hydrogens (tertiary/aromatic N) is 1. The summed E-state index contributed by atoms with van der Waals surface area (Å²) in [6.07, 6.45) is 2.64. The Kier molecular flexibility index (Phi) is 5.12. The summed E-state index contributed by atoms with van der Waals surface area (Å²) < 4.78 is 0. The van der Waals surface area contributed by atoms with Crippen molar-refractivity contribution in [1.82, 2.24) is 10.3 Å². The number of pyridine rings is 1. The molecule has 1 aromatic carbocycles. The zero-order valence-electron chi connectivity index (χ0n) is 11.6. The number of nitrogens with one attached hydrogen (secondary N) is 2. The summed E-state index contributed by atoms with van der Waals surface area (Å²) in [7, 11) is 0. The maximum Gasteiger partial charge on any atom is 0.253 e. The highest BCUT2D eigenvalue weighted by atomic mass is 16.1. The van der Waals surface area contributed by atoms with E-state index in [1.165, 1.54) is 0 Å². The summed E-state index contributed by atoms with van der Waals surface area (Å²) in [5.41, 5.74) is 1.65. The van der Waals surface area contributed by atoms with Gasteiger partial charge in [-0.15, -0.1) is 0 Å². The minimum absolute atomic E-state index is 0.108. The summed E-state index contributed by atoms with van der Waals surface area (Å²) >= 11 is 0. The zero-order chi connectivity index (χ0) is 14.2. The topological polar surface area (TPSA) is 54.0 Å². The van der Waals surface area contributed by atoms with E-state index in [9.17, 15) is 4.79 Å². The molecule has 2 rings (SSSR count). The lowest BCUT2D eigenvalue weighted by atomic mass is 10.2. The van der Waals surface area contributed by atoms with Gasteiger partial charge >= 0.3 is 0 Å². The van der Waals surface area contributed by atoms with Crippen molar-refractivity contribution in [3.8, 4) is 0 Å². The van der Waals surface area contributed by atoms with E-state index in [1.54, 1.807) is 12.3 Å². The number of hydrogen-bond donors (Lipinski definition) is 2. The van der Waals surface area contributed by atoms with Crippen molar-refractivity contribution in [2.45, 2.75) is 19.9 Å². The Hall–Kier alpha value is -2.36. The third kappa shape index (κ3) is 4.09. The van der Waals surface area contributed by atoms with Gasteiger partial charge in [-0.25, -0.2) is 4.98 Å². The smallest absolute Gasteiger partial charge is 0.253 e. The van der Waals surface area contributed by atoms with E-state index in [-0.39, 0.29) is 5.91 Å². The summed E-state index contributed by atoms with van der Waals surface area (Å²) in [5.74, 6) is 0.690. The van der Waals surface area contributed by atoms with E-state index in [1.807, 2.05) is 36.4 Å². The van der Waals surface area contributed by atoms with Crippen LogP contribution in [-0.2, 0) is 6.54 Å². The standard InChI is InChI=1S/C16H19N3O/c1-2-10-17-15-9-8-14(12-18-15)16(20)19-11-13-6-4-3-5-7-13/h3-9,12H,2,10-11H2,1H3,(H,17,18)(H,19,20). The normalized spacial score (nSPS) is 10.1. The molecule has 0 saturated heterocycles. The summed E-state index contributed by atoms with van der Waals surface area (Å²) in [6, 6.07) is 13.4. The molecule has 0 radical (unpaired) electrons. The van der Waals surface area contributed by atoms with Crippen LogP contribution in [0.5, 0.6) is 0 Å². The fourth-order valence-corrected chi connectivity index (χ4v) is 1.77. The van der Waals surface area contributed by atoms with Crippen LogP contribution < -0.4 is 10.6 Å². The van der Waals surface area contributed by atoms with Crippen LogP contribution in [0.25, 0.3) is 0 Å². The molecule has 0 unspecified atom stereocenters. The molecule has 0 aliphatic heterocycles. The highest BCUT2D eigenvalue weighted by molar-refractivity contribution is 5.93. The van der Waals surface area contributed by atoms with E-state index in [0.717, 1.165) is 24.3 Å². The molecule has 0 bridgehead atoms. The highest BCUT2D eigenvalue weighted by Crippen LogP contribution is 2.05. The predicted octanol–water partition coefficient (Wildman–Crippen LogP) is 2.83. The number of carbonyl (C=O) groups is 1. The van der Waals surface area contributed by atoms with Gasteiger partial charge in [0.05, 0.1) is 5.56 Å². The largest absolute Gasteiger partial charge is 0.370 e. The average molecular weight is 269 g/mol. The SMILES string of the molecule is CCCNc1ccc(C(=O)NCc2ccccc2)cn1. The monoisotopic (exact) mass is 269 g/mol. The first-order valence-corrected chi connectivity index (χ1v) is 6.81. The molecule has 2 aromatic rings. The van der Waals surface area contributed by atoms with Gasteiger partial charge in [0.25, 0.3) is 5.91 Å². The first-order chi connectivity index (χ1) is 9.79. The number of hydrogen-bond acceptors (Lipinski definition) is 3. The van der Waals surface area contributed by atoms with Crippen molar-refractivity contribution in [2.24, 2.45) is 0 Å². The van der Waals surface area contributed by atoms with Crippen molar-refractivity contribution in [1.29, 1.82) is 0 Å². The molecule has 0 spiro atoms. The zero-order valence-corrected chi connectivity index (χ0v) is 11.6. The Morgan fingerprint density at radius 1 is 1.15 bits per heavy atom. The second-order valence-electron chi connectivity index (χ2n) is 4.53. The minimum Gasteiger partial charge on any atom is -0.370 e. The van der Waals surface area contributed by atoms with Gasteiger partial charge in [-0.05, 0) is 24.1 Å². The molecule has 4 heteroatoms. The molecule has 1 amide bonds. The third-order valence-corrected chi connectivity index (χ3v) is 2.88. The van der Waals surface area contributed by atoms with E-state index in [2.05, 4.69) is 22.5 Å². The third-order valence-electron chi connectivity index (χ3n) is 2.88. The second kappa shape index (κ2) is 7.28. The maximum absolute atomic E-state index is 12.0. The summed E-state index contributed by atoms with van der Waals surface area (Å²) in [6.45, 7) is 3.50. The van der Waals surface area contributed by atoms with Crippen LogP contribution in [0.4, 0.5) is 5.82 Å². The quantitative estimate of drug-likeness (QED) is 0.848. The Labute approximate surface area is 119 Å². The summed E-state index contributed by atoms with van der Waals surface area (Å²) in [4.78, 5) is 16.2. The van der Waals surface area contributed by atoms with Gasteiger partial charge < -0.3 is 10.6 Å². The van der Waals surface area contributed by atoms with Gasteiger partial charge in [-0.2, -0.15) is 0 Å². The number of rotatable bonds is 6. The number of benzene rings is 1. The second-order valence-corrected chi connectivity index (χ2v) is 4.53. The number of anilines is 1. The van der Waals surface area contributed by atoms with E-state index in [4.69, 9.17) is 0 Å². The Balaban J connectivity index is 1.89. The fraction of sp³-hybridized carbons (Fsp3) is 0.250. The van der Waals surface area contributed by atoms with Gasteiger partial charge in [0.1, 0.15) is 5.82 Å². The fourth-order valence-electron chi connectivity index (χ4n) is 1.77. The molecule has 0 atom stereocenters. The van der Waals surface area contributed by atoms with Crippen molar-refractivity contribution in [3.63, 3.8) is 0 Å². The Morgan fingerprint density at radius 3 is 2.60 bits per heavy atom. The minimum atomic E-state index is -0.108. The molecule has 2 N–H and O–H groups in total. The van der Waals surface area contributed by atoms with Crippen molar-refractivity contribution in [2.75, 3.05) is 11.9 Å². The highest BCUT2D eigenvalue weighted by Gasteiger charge is 2.05. The lowest BCUT2D eigenvalue weighted by Crippen LogP contribution is -2.22. The molecule has 20 heavy (non-hydrogen) atoms. The van der Waals surface area contributed by atoms with Crippen LogP contribution in [0.15, 0.2) is 48.7 Å². The van der Waals surface area contributed by atoms with Crippen LogP contribution in [-0.4, -0.2) is 17.4 Å². The van der Waals surface area contributed by atoms with Crippen molar-refractivity contribution >= 4 is 11.7 Å². The molecular formula is C16H19N3O. The number of amides is 1. The van der Waals surface area contributed by atoms with Crippen LogP contribution in [0.1, 0.15) is 29.3 Å². The lowest BCUT2D eigenvalue weighted by Gasteiger charge is -2.07. The molecular weight excluding hydrogens is 250 g/mol. The van der Waals surface area contributed by atoms with Gasteiger partial charge in [-0.1, -0.05) is 37.3 Å². The molecule has 0 saturated carbocycles. The average Bonchev–Trinajstić information content (AvgIpc) is 2.52. The van der Waals surface area contributed by atoms with Gasteiger partial charge in [0, 0.05) is 19.3 Å². The van der Waals surface area contributed by atoms with Crippen molar-refractivity contribution in [3.05, 3.63) is 59.8 Å².